The number of benzene rings is 4. The third-order valence-electron chi connectivity index (χ3n) is 11.1. The van der Waals surface area contributed by atoms with E-state index >= 15 is 0 Å². The zero-order valence-electron chi connectivity index (χ0n) is 50.1. The van der Waals surface area contributed by atoms with Crippen LogP contribution in [0.5, 0.6) is 11.5 Å². The Kier molecular flexibility index (Phi) is 29.2. The Balaban J connectivity index is 0.000000311. The smallest absolute Gasteiger partial charge is 0.407 e. The number of nitrogens with one attached hydrogen (secondary N) is 5. The number of nitrogens with two attached hydrogens (primary N) is 1. The van der Waals surface area contributed by atoms with Crippen molar-refractivity contribution >= 4 is 87.4 Å². The van der Waals surface area contributed by atoms with Gasteiger partial charge < -0.3 is 60.7 Å². The van der Waals surface area contributed by atoms with E-state index < -0.39 is 27.1 Å². The zero-order chi connectivity index (χ0) is 63.8. The van der Waals surface area contributed by atoms with Gasteiger partial charge in [-0.25, -0.2) is 19.6 Å². The Morgan fingerprint density at radius 1 is 0.552 bits per heavy atom. The average molecular weight is 1230 g/mol. The van der Waals surface area contributed by atoms with Gasteiger partial charge in [-0.1, -0.05) is 24.3 Å². The molecule has 6 aromatic rings. The van der Waals surface area contributed by atoms with E-state index in [2.05, 4.69) is 46.5 Å². The summed E-state index contributed by atoms with van der Waals surface area (Å²) in [5.41, 5.74) is 8.98. The van der Waals surface area contributed by atoms with Crippen molar-refractivity contribution in [2.75, 3.05) is 61.2 Å². The molecule has 0 saturated heterocycles. The number of aryl methyl sites for hydroxylation is 2. The quantitative estimate of drug-likeness (QED) is 0.00505. The molecular weight excluding hydrogens is 1150 g/mol. The number of amides is 2. The lowest BCUT2D eigenvalue weighted by Crippen LogP contribution is -2.33. The number of nitrogen functional groups attached to an aromatic ring is 1. The van der Waals surface area contributed by atoms with Crippen LogP contribution in [0.2, 0.25) is 5.28 Å². The van der Waals surface area contributed by atoms with E-state index in [-0.39, 0.29) is 58.7 Å². The number of ether oxygens (including phenoxy) is 6. The van der Waals surface area contributed by atoms with Crippen molar-refractivity contribution in [1.82, 2.24) is 30.6 Å². The SMILES string of the molecule is CC(C)(C)OC(=O)NCCCc1ccc(N)cc1.CCOC(=O)CCCOc1ccc(Nc2nc(Cl)ncc2[N+](=O)[O-])cc1.CCOC(=O)CCCOc1ccc(Nc2nc(Nc3ccc(CCCNC(=O)OC(C)(C)C)cc3)ncc2[N+](=O)[O-])cc1. The van der Waals surface area contributed by atoms with Crippen molar-refractivity contribution in [2.24, 2.45) is 0 Å². The highest BCUT2D eigenvalue weighted by Crippen LogP contribution is 2.29. The number of anilines is 7. The van der Waals surface area contributed by atoms with Crippen LogP contribution in [0, 0.1) is 20.2 Å². The molecule has 2 heterocycles. The van der Waals surface area contributed by atoms with Gasteiger partial charge >= 0.3 is 35.5 Å². The highest BCUT2D eigenvalue weighted by Gasteiger charge is 2.20. The van der Waals surface area contributed by atoms with Crippen molar-refractivity contribution in [1.29, 1.82) is 0 Å². The summed E-state index contributed by atoms with van der Waals surface area (Å²) in [5, 5.41) is 36.8. The molecule has 6 rings (SSSR count). The summed E-state index contributed by atoms with van der Waals surface area (Å²) >= 11 is 5.69. The van der Waals surface area contributed by atoms with Crippen LogP contribution in [0.15, 0.2) is 109 Å². The van der Waals surface area contributed by atoms with Crippen molar-refractivity contribution in [3.8, 4) is 11.5 Å². The molecule has 0 bridgehead atoms. The molecular formula is C60H77ClN12O14. The monoisotopic (exact) mass is 1220 g/mol. The second kappa shape index (κ2) is 36.3. The maximum atomic E-state index is 11.8. The number of nitro groups is 2. The van der Waals surface area contributed by atoms with Gasteiger partial charge in [0, 0.05) is 48.7 Å². The van der Waals surface area contributed by atoms with E-state index in [9.17, 15) is 39.4 Å². The summed E-state index contributed by atoms with van der Waals surface area (Å²) in [6, 6.07) is 29.0. The zero-order valence-corrected chi connectivity index (χ0v) is 50.9. The molecule has 4 aromatic carbocycles. The Morgan fingerprint density at radius 3 is 1.36 bits per heavy atom. The number of alkyl carbamates (subject to hydrolysis) is 2. The van der Waals surface area contributed by atoms with Crippen LogP contribution in [-0.4, -0.2) is 105 Å². The molecule has 0 fully saturated rings. The predicted octanol–water partition coefficient (Wildman–Crippen LogP) is 12.3. The van der Waals surface area contributed by atoms with Crippen LogP contribution in [-0.2, 0) is 41.4 Å². The third kappa shape index (κ3) is 29.2. The van der Waals surface area contributed by atoms with Crippen LogP contribution in [0.4, 0.5) is 61.3 Å². The fourth-order valence-corrected chi connectivity index (χ4v) is 7.36. The molecule has 26 nitrogen and oxygen atoms in total. The summed E-state index contributed by atoms with van der Waals surface area (Å²) in [5.74, 6) is 0.901. The topological polar surface area (TPSA) is 348 Å². The minimum Gasteiger partial charge on any atom is -0.494 e. The Hall–Kier alpha value is -9.59. The minimum atomic E-state index is -0.598. The lowest BCUT2D eigenvalue weighted by Gasteiger charge is -2.19. The number of hydrogen-bond acceptors (Lipinski definition) is 22. The van der Waals surface area contributed by atoms with Crippen LogP contribution in [0.25, 0.3) is 0 Å². The first-order valence-electron chi connectivity index (χ1n) is 28.0. The van der Waals surface area contributed by atoms with Crippen LogP contribution in [0.1, 0.15) is 105 Å². The van der Waals surface area contributed by atoms with Gasteiger partial charge in [-0.2, -0.15) is 9.97 Å². The summed E-state index contributed by atoms with van der Waals surface area (Å²) in [6.07, 6.45) is 6.33. The first-order valence-corrected chi connectivity index (χ1v) is 28.4. The van der Waals surface area contributed by atoms with Crippen LogP contribution >= 0.6 is 11.6 Å². The molecule has 7 N–H and O–H groups in total. The molecule has 0 radical (unpaired) electrons. The van der Waals surface area contributed by atoms with Gasteiger partial charge in [0.05, 0.1) is 36.3 Å². The largest absolute Gasteiger partial charge is 0.494 e. The first-order chi connectivity index (χ1) is 41.4. The van der Waals surface area contributed by atoms with E-state index in [1.54, 1.807) is 62.4 Å². The molecule has 0 aliphatic rings. The number of rotatable bonds is 28. The minimum absolute atomic E-state index is 0.00175. The Bertz CT molecular complexity index is 3130. The van der Waals surface area contributed by atoms with Gasteiger partial charge in [0.1, 0.15) is 35.1 Å². The summed E-state index contributed by atoms with van der Waals surface area (Å²) < 4.78 is 31.3. The van der Waals surface area contributed by atoms with Crippen LogP contribution < -0.4 is 41.8 Å². The molecule has 0 atom stereocenters. The molecule has 2 aromatic heterocycles. The molecule has 0 unspecified atom stereocenters. The van der Waals surface area contributed by atoms with Crippen molar-refractivity contribution < 1.29 is 57.4 Å². The maximum absolute atomic E-state index is 11.8. The van der Waals surface area contributed by atoms with E-state index in [4.69, 9.17) is 45.8 Å². The lowest BCUT2D eigenvalue weighted by atomic mass is 10.1. The second-order valence-corrected chi connectivity index (χ2v) is 21.1. The average Bonchev–Trinajstić information content (AvgIpc) is 3.49. The lowest BCUT2D eigenvalue weighted by molar-refractivity contribution is -0.384. The number of nitrogens with zero attached hydrogens (tertiary/aromatic N) is 6. The first kappa shape index (κ1) is 69.9. The highest BCUT2D eigenvalue weighted by atomic mass is 35.5. The number of aromatic nitrogens is 4. The van der Waals surface area contributed by atoms with Gasteiger partial charge in [-0.15, -0.1) is 0 Å². The molecule has 0 aliphatic heterocycles. The fraction of sp³-hybridized carbons (Fsp3) is 0.400. The number of carbonyl (C=O) groups excluding carboxylic acids is 4. The number of halogens is 1. The van der Waals surface area contributed by atoms with Gasteiger partial charge in [-0.3, -0.25) is 29.8 Å². The highest BCUT2D eigenvalue weighted by molar-refractivity contribution is 6.28. The summed E-state index contributed by atoms with van der Waals surface area (Å²) in [6.45, 7) is 17.1. The number of hydrogen-bond donors (Lipinski definition) is 6. The molecule has 2 amide bonds. The number of esters is 2. The standard InChI is InChI=1S/C30H38N6O7.C16H17ClN4O5.C14H22N2O2/c1-5-41-26(37)9-7-19-42-24-16-14-22(15-17-24)33-27-25(36(39)40)20-32-28(35-27)34-23-12-10-21(11-13-23)8-6-18-31-29(38)43-30(2,3)4;1-2-25-14(22)4-3-9-26-12-7-5-11(6-8-12)19-15-13(21(23)24)10-18-16(17)20-15;1-14(2,3)18-13(17)16-10-4-5-11-6-8-12(15)9-7-11/h10-17,20H,5-9,18-19H2,1-4H3,(H,31,38)(H2,32,33,34,35);5-8,10H,2-4,9H2,1H3,(H,18,19,20);6-9H,4-5,10,15H2,1-3H3,(H,16,17). The second-order valence-electron chi connectivity index (χ2n) is 20.8. The van der Waals surface area contributed by atoms with Crippen molar-refractivity contribution in [3.05, 3.63) is 146 Å². The van der Waals surface area contributed by atoms with Crippen molar-refractivity contribution in [2.45, 2.75) is 118 Å². The molecule has 0 spiro atoms. The molecule has 468 valence electrons. The number of carbonyl (C=O) groups is 4. The van der Waals surface area contributed by atoms with Crippen LogP contribution in [0.3, 0.4) is 0 Å². The van der Waals surface area contributed by atoms with E-state index in [0.29, 0.717) is 87.3 Å². The van der Waals surface area contributed by atoms with Crippen molar-refractivity contribution in [3.63, 3.8) is 0 Å². The summed E-state index contributed by atoms with van der Waals surface area (Å²) in [7, 11) is 0. The molecule has 0 aliphatic carbocycles. The fourth-order valence-electron chi connectivity index (χ4n) is 7.23. The Morgan fingerprint density at radius 2 is 0.943 bits per heavy atom. The van der Waals surface area contributed by atoms with E-state index in [1.807, 2.05) is 90.1 Å². The maximum Gasteiger partial charge on any atom is 0.407 e. The van der Waals surface area contributed by atoms with Gasteiger partial charge in [0.2, 0.25) is 22.9 Å². The summed E-state index contributed by atoms with van der Waals surface area (Å²) in [4.78, 5) is 83.0. The normalized spacial score (nSPS) is 10.7. The van der Waals surface area contributed by atoms with Gasteiger partial charge in [0.25, 0.3) is 0 Å². The predicted molar refractivity (Wildman–Crippen MR) is 330 cm³/mol. The van der Waals surface area contributed by atoms with E-state index in [1.165, 1.54) is 5.56 Å². The van der Waals surface area contributed by atoms with E-state index in [0.717, 1.165) is 49.3 Å². The molecule has 27 heteroatoms. The Labute approximate surface area is 510 Å². The molecule has 0 saturated carbocycles. The molecule has 87 heavy (non-hydrogen) atoms. The third-order valence-corrected chi connectivity index (χ3v) is 11.3. The van der Waals surface area contributed by atoms with Gasteiger partial charge in [0.15, 0.2) is 0 Å². The van der Waals surface area contributed by atoms with Gasteiger partial charge in [-0.05, 0) is 189 Å².